The summed E-state index contributed by atoms with van der Waals surface area (Å²) < 4.78 is 0. The third-order valence-electron chi connectivity index (χ3n) is 3.62. The molecule has 2 fully saturated rings. The maximum Gasteiger partial charge on any atom is -0.0411 e. The van der Waals surface area contributed by atoms with Gasteiger partial charge in [-0.05, 0) is 23.7 Å². The molecule has 2 aliphatic carbocycles. The van der Waals surface area contributed by atoms with Gasteiger partial charge < -0.3 is 0 Å². The quantitative estimate of drug-likeness (QED) is 0.484. The fraction of sp³-hybridized carbons (Fsp3) is 1.00. The number of rotatable bonds is 2. The average Bonchev–Trinajstić information content (AvgIpc) is 3.06. The van der Waals surface area contributed by atoms with Crippen molar-refractivity contribution in [2.45, 2.75) is 113 Å². The van der Waals surface area contributed by atoms with Gasteiger partial charge in [-0.25, -0.2) is 0 Å². The summed E-state index contributed by atoms with van der Waals surface area (Å²) in [7, 11) is 0. The molecule has 0 unspecified atom stereocenters. The fourth-order valence-corrected chi connectivity index (χ4v) is 2.96. The molecule has 0 nitrogen and oxygen atoms in total. The van der Waals surface area contributed by atoms with Crippen molar-refractivity contribution >= 4 is 0 Å². The van der Waals surface area contributed by atoms with Gasteiger partial charge in [-0.3, -0.25) is 0 Å². The summed E-state index contributed by atoms with van der Waals surface area (Å²) in [5.74, 6) is 2.27. The van der Waals surface area contributed by atoms with Crippen molar-refractivity contribution in [3.8, 4) is 0 Å². The van der Waals surface area contributed by atoms with E-state index in [0.29, 0.717) is 5.41 Å². The smallest absolute Gasteiger partial charge is 0.0411 e. The SMILES string of the molecule is C1CCC(CC2CCCC2)C1.CC.CC.CC(C)(C)C. The Bertz CT molecular complexity index is 143. The van der Waals surface area contributed by atoms with Crippen LogP contribution in [0.4, 0.5) is 0 Å². The monoisotopic (exact) mass is 284 g/mol. The summed E-state index contributed by atoms with van der Waals surface area (Å²) >= 11 is 0. The van der Waals surface area contributed by atoms with Crippen LogP contribution in [0.5, 0.6) is 0 Å². The van der Waals surface area contributed by atoms with Gasteiger partial charge >= 0.3 is 0 Å². The van der Waals surface area contributed by atoms with E-state index in [1.165, 1.54) is 25.7 Å². The molecule has 0 amide bonds. The molecule has 0 N–H and O–H groups in total. The van der Waals surface area contributed by atoms with Crippen molar-refractivity contribution in [2.24, 2.45) is 17.3 Å². The van der Waals surface area contributed by atoms with E-state index in [9.17, 15) is 0 Å². The first-order valence-electron chi connectivity index (χ1n) is 9.45. The number of hydrogen-bond acceptors (Lipinski definition) is 0. The minimum absolute atomic E-state index is 0.500. The molecule has 0 atom stereocenters. The zero-order valence-electron chi connectivity index (χ0n) is 16.0. The maximum atomic E-state index is 2.19. The highest BCUT2D eigenvalue weighted by atomic mass is 14.3. The van der Waals surface area contributed by atoms with Gasteiger partial charge in [0.05, 0.1) is 0 Å². The molecule has 0 heterocycles. The lowest BCUT2D eigenvalue weighted by atomic mass is 9.92. The van der Waals surface area contributed by atoms with E-state index >= 15 is 0 Å². The summed E-state index contributed by atoms with van der Waals surface area (Å²) in [4.78, 5) is 0. The van der Waals surface area contributed by atoms with Crippen LogP contribution < -0.4 is 0 Å². The molecular formula is C20H44. The molecular weight excluding hydrogens is 240 g/mol. The molecule has 2 rings (SSSR count). The number of hydrogen-bond donors (Lipinski definition) is 0. The molecule has 0 aromatic heterocycles. The van der Waals surface area contributed by atoms with Gasteiger partial charge in [-0.1, -0.05) is 107 Å². The van der Waals surface area contributed by atoms with Gasteiger partial charge in [-0.15, -0.1) is 0 Å². The van der Waals surface area contributed by atoms with E-state index in [2.05, 4.69) is 27.7 Å². The highest BCUT2D eigenvalue weighted by Crippen LogP contribution is 2.36. The van der Waals surface area contributed by atoms with Gasteiger partial charge in [0.15, 0.2) is 0 Å². The molecule has 0 spiro atoms. The Kier molecular flexibility index (Phi) is 15.6. The minimum Gasteiger partial charge on any atom is -0.0683 e. The second kappa shape index (κ2) is 14.0. The highest BCUT2D eigenvalue weighted by Gasteiger charge is 2.22. The highest BCUT2D eigenvalue weighted by molar-refractivity contribution is 4.74. The van der Waals surface area contributed by atoms with Crippen LogP contribution in [-0.4, -0.2) is 0 Å². The predicted molar refractivity (Wildman–Crippen MR) is 96.4 cm³/mol. The third-order valence-corrected chi connectivity index (χ3v) is 3.62. The summed E-state index contributed by atoms with van der Waals surface area (Å²) in [6, 6.07) is 0. The van der Waals surface area contributed by atoms with Gasteiger partial charge in [0.1, 0.15) is 0 Å². The van der Waals surface area contributed by atoms with E-state index in [4.69, 9.17) is 0 Å². The van der Waals surface area contributed by atoms with Crippen LogP contribution in [0.1, 0.15) is 113 Å². The first-order chi connectivity index (χ1) is 9.45. The molecule has 124 valence electrons. The Hall–Kier alpha value is 0. The van der Waals surface area contributed by atoms with Crippen LogP contribution in [0.3, 0.4) is 0 Å². The van der Waals surface area contributed by atoms with Crippen LogP contribution in [0.25, 0.3) is 0 Å². The Morgan fingerprint density at radius 3 is 1.00 bits per heavy atom. The first-order valence-corrected chi connectivity index (χ1v) is 9.45. The van der Waals surface area contributed by atoms with Gasteiger partial charge in [0.2, 0.25) is 0 Å². The molecule has 0 aromatic carbocycles. The van der Waals surface area contributed by atoms with E-state index in [1.807, 2.05) is 27.7 Å². The summed E-state index contributed by atoms with van der Waals surface area (Å²) in [6.45, 7) is 16.8. The molecule has 2 aliphatic rings. The molecule has 2 saturated carbocycles. The molecule has 20 heavy (non-hydrogen) atoms. The van der Waals surface area contributed by atoms with Crippen molar-refractivity contribution in [2.75, 3.05) is 0 Å². The van der Waals surface area contributed by atoms with Crippen LogP contribution in [-0.2, 0) is 0 Å². The lowest BCUT2D eigenvalue weighted by molar-refractivity contribution is 0.382. The minimum atomic E-state index is 0.500. The van der Waals surface area contributed by atoms with E-state index < -0.39 is 0 Å². The maximum absolute atomic E-state index is 2.19. The normalized spacial score (nSPS) is 19.2. The molecule has 0 bridgehead atoms. The Morgan fingerprint density at radius 2 is 0.800 bits per heavy atom. The van der Waals surface area contributed by atoms with Gasteiger partial charge in [0, 0.05) is 0 Å². The van der Waals surface area contributed by atoms with E-state index in [0.717, 1.165) is 11.8 Å². The van der Waals surface area contributed by atoms with Crippen molar-refractivity contribution in [1.82, 2.24) is 0 Å². The van der Waals surface area contributed by atoms with Crippen LogP contribution >= 0.6 is 0 Å². The van der Waals surface area contributed by atoms with Crippen molar-refractivity contribution in [3.63, 3.8) is 0 Å². The second-order valence-electron chi connectivity index (χ2n) is 7.54. The standard InChI is InChI=1S/C11H20.C5H12.2C2H6/c1-2-6-10(5-1)9-11-7-3-4-8-11;1-5(2,3)4;2*1-2/h10-11H,1-9H2;1-4H3;2*1-2H3. The summed E-state index contributed by atoms with van der Waals surface area (Å²) in [5.41, 5.74) is 0.500. The largest absolute Gasteiger partial charge is 0.0683 e. The molecule has 0 aromatic rings. The summed E-state index contributed by atoms with van der Waals surface area (Å²) in [5, 5.41) is 0. The van der Waals surface area contributed by atoms with E-state index in [-0.39, 0.29) is 0 Å². The van der Waals surface area contributed by atoms with E-state index in [1.54, 1.807) is 32.1 Å². The molecule has 0 heteroatoms. The molecule has 0 saturated heterocycles. The van der Waals surface area contributed by atoms with Crippen LogP contribution in [0.15, 0.2) is 0 Å². The Morgan fingerprint density at radius 1 is 0.600 bits per heavy atom. The zero-order chi connectivity index (χ0) is 16.0. The fourth-order valence-electron chi connectivity index (χ4n) is 2.96. The van der Waals surface area contributed by atoms with Crippen molar-refractivity contribution in [3.05, 3.63) is 0 Å². The summed E-state index contributed by atoms with van der Waals surface area (Å²) in [6.07, 6.45) is 13.9. The van der Waals surface area contributed by atoms with Gasteiger partial charge in [0.25, 0.3) is 0 Å². The third kappa shape index (κ3) is 16.1. The second-order valence-corrected chi connectivity index (χ2v) is 7.54. The Labute approximate surface area is 131 Å². The van der Waals surface area contributed by atoms with Crippen LogP contribution in [0.2, 0.25) is 0 Å². The Balaban J connectivity index is 0. The van der Waals surface area contributed by atoms with Crippen LogP contribution in [0, 0.1) is 17.3 Å². The average molecular weight is 285 g/mol. The topological polar surface area (TPSA) is 0 Å². The zero-order valence-corrected chi connectivity index (χ0v) is 16.0. The van der Waals surface area contributed by atoms with Crippen molar-refractivity contribution in [1.29, 1.82) is 0 Å². The van der Waals surface area contributed by atoms with Crippen molar-refractivity contribution < 1.29 is 0 Å². The predicted octanol–water partition coefficient (Wildman–Crippen LogP) is 7.86. The first kappa shape index (κ1) is 22.3. The lowest BCUT2D eigenvalue weighted by Gasteiger charge is -2.13. The lowest BCUT2D eigenvalue weighted by Crippen LogP contribution is -2.01. The molecule has 0 radical (unpaired) electrons. The van der Waals surface area contributed by atoms with Gasteiger partial charge in [-0.2, -0.15) is 0 Å². The molecule has 0 aliphatic heterocycles.